The van der Waals surface area contributed by atoms with Crippen molar-refractivity contribution < 1.29 is 24.2 Å². The number of aliphatic carboxylic acids is 1. The zero-order valence-electron chi connectivity index (χ0n) is 15.4. The zero-order valence-corrected chi connectivity index (χ0v) is 15.4. The van der Waals surface area contributed by atoms with Gasteiger partial charge in [0.2, 0.25) is 5.91 Å². The van der Waals surface area contributed by atoms with Crippen LogP contribution >= 0.6 is 0 Å². The van der Waals surface area contributed by atoms with E-state index in [2.05, 4.69) is 0 Å². The number of rotatable bonds is 6. The van der Waals surface area contributed by atoms with Gasteiger partial charge in [-0.2, -0.15) is 0 Å². The molecule has 144 valence electrons. The molecule has 1 fully saturated rings. The summed E-state index contributed by atoms with van der Waals surface area (Å²) in [6.45, 7) is 6.88. The second-order valence-electron chi connectivity index (χ2n) is 7.30. The Hall–Kier alpha value is -2.15. The molecule has 0 unspecified atom stereocenters. The average molecular weight is 366 g/mol. The third kappa shape index (κ3) is 4.52. The Morgan fingerprint density at radius 1 is 1.27 bits per heavy atom. The molecule has 3 atom stereocenters. The van der Waals surface area contributed by atoms with Crippen LogP contribution in [-0.4, -0.2) is 58.8 Å². The molecule has 1 heterocycles. The Kier molecular flexibility index (Phi) is 6.58. The minimum atomic E-state index is -1.72. The van der Waals surface area contributed by atoms with Gasteiger partial charge in [-0.25, -0.2) is 9.18 Å². The number of para-hydroxylation sites is 1. The molecular formula is C19H27FN2O4. The number of nitrogens with zero attached hydrogens (tertiary/aromatic N) is 2. The maximum absolute atomic E-state index is 14.0. The molecular weight excluding hydrogens is 339 g/mol. The van der Waals surface area contributed by atoms with E-state index in [-0.39, 0.29) is 23.7 Å². The SMILES string of the molecule is CC(C)C[C@H](C(=O)N1CCN(c2ccccc2F)C[C@H]1C)[C@H](O)C(=O)O. The van der Waals surface area contributed by atoms with Gasteiger partial charge in [0.15, 0.2) is 6.10 Å². The third-order valence-corrected chi connectivity index (χ3v) is 4.78. The van der Waals surface area contributed by atoms with Crippen molar-refractivity contribution in [1.29, 1.82) is 0 Å². The Morgan fingerprint density at radius 3 is 2.46 bits per heavy atom. The van der Waals surface area contributed by atoms with Crippen LogP contribution in [0.2, 0.25) is 0 Å². The number of anilines is 1. The number of halogens is 1. The fraction of sp³-hybridized carbons (Fsp3) is 0.579. The Morgan fingerprint density at radius 2 is 1.92 bits per heavy atom. The maximum atomic E-state index is 14.0. The van der Waals surface area contributed by atoms with E-state index in [0.29, 0.717) is 31.7 Å². The van der Waals surface area contributed by atoms with Gasteiger partial charge in [0.05, 0.1) is 11.6 Å². The summed E-state index contributed by atoms with van der Waals surface area (Å²) in [5.74, 6) is -2.95. The number of benzene rings is 1. The maximum Gasteiger partial charge on any atom is 0.333 e. The van der Waals surface area contributed by atoms with E-state index in [9.17, 15) is 19.1 Å². The largest absolute Gasteiger partial charge is 0.479 e. The topological polar surface area (TPSA) is 81.1 Å². The fourth-order valence-electron chi connectivity index (χ4n) is 3.47. The number of aliphatic hydroxyl groups is 1. The van der Waals surface area contributed by atoms with Crippen molar-refractivity contribution in [2.45, 2.75) is 39.3 Å². The van der Waals surface area contributed by atoms with E-state index < -0.39 is 18.0 Å². The lowest BCUT2D eigenvalue weighted by molar-refractivity contribution is -0.158. The molecule has 1 amide bonds. The normalized spacial score (nSPS) is 20.2. The van der Waals surface area contributed by atoms with Gasteiger partial charge in [-0.1, -0.05) is 26.0 Å². The van der Waals surface area contributed by atoms with Gasteiger partial charge in [0, 0.05) is 25.7 Å². The first-order chi connectivity index (χ1) is 12.2. The monoisotopic (exact) mass is 366 g/mol. The molecule has 1 aliphatic rings. The highest BCUT2D eigenvalue weighted by molar-refractivity contribution is 5.86. The highest BCUT2D eigenvalue weighted by Gasteiger charge is 2.38. The molecule has 0 aliphatic carbocycles. The van der Waals surface area contributed by atoms with Crippen LogP contribution in [0, 0.1) is 17.7 Å². The summed E-state index contributed by atoms with van der Waals surface area (Å²) in [6, 6.07) is 6.29. The predicted molar refractivity (Wildman–Crippen MR) is 96.4 cm³/mol. The lowest BCUT2D eigenvalue weighted by atomic mass is 9.90. The van der Waals surface area contributed by atoms with Crippen LogP contribution in [0.4, 0.5) is 10.1 Å². The zero-order chi connectivity index (χ0) is 19.4. The van der Waals surface area contributed by atoms with Gasteiger partial charge in [-0.15, -0.1) is 0 Å². The van der Waals surface area contributed by atoms with Gasteiger partial charge in [-0.3, -0.25) is 4.79 Å². The van der Waals surface area contributed by atoms with Crippen LogP contribution in [0.3, 0.4) is 0 Å². The molecule has 1 aromatic carbocycles. The molecule has 1 saturated heterocycles. The highest BCUT2D eigenvalue weighted by Crippen LogP contribution is 2.25. The molecule has 6 nitrogen and oxygen atoms in total. The van der Waals surface area contributed by atoms with Crippen molar-refractivity contribution in [1.82, 2.24) is 4.90 Å². The van der Waals surface area contributed by atoms with E-state index >= 15 is 0 Å². The fourth-order valence-corrected chi connectivity index (χ4v) is 3.47. The quantitative estimate of drug-likeness (QED) is 0.805. The molecule has 0 spiro atoms. The van der Waals surface area contributed by atoms with Crippen LogP contribution < -0.4 is 4.90 Å². The first-order valence-electron chi connectivity index (χ1n) is 8.93. The van der Waals surface area contributed by atoms with Crippen molar-refractivity contribution in [2.24, 2.45) is 11.8 Å². The number of aliphatic hydroxyl groups excluding tert-OH is 1. The first kappa shape index (κ1) is 20.2. The van der Waals surface area contributed by atoms with E-state index in [0.717, 1.165) is 0 Å². The average Bonchev–Trinajstić information content (AvgIpc) is 2.58. The standard InChI is InChI=1S/C19H27FN2O4/c1-12(2)10-14(17(23)19(25)26)18(24)22-9-8-21(11-13(22)3)16-7-5-4-6-15(16)20/h4-7,12-14,17,23H,8-11H2,1-3H3,(H,25,26)/t13-,14+,17+/m1/s1. The number of carbonyl (C=O) groups is 2. The third-order valence-electron chi connectivity index (χ3n) is 4.78. The summed E-state index contributed by atoms with van der Waals surface area (Å²) >= 11 is 0. The molecule has 0 radical (unpaired) electrons. The minimum absolute atomic E-state index is 0.0768. The smallest absolute Gasteiger partial charge is 0.333 e. The number of carbonyl (C=O) groups excluding carboxylic acids is 1. The van der Waals surface area contributed by atoms with Gasteiger partial charge in [0.1, 0.15) is 5.82 Å². The lowest BCUT2D eigenvalue weighted by Gasteiger charge is -2.42. The van der Waals surface area contributed by atoms with Gasteiger partial charge in [0.25, 0.3) is 0 Å². The molecule has 7 heteroatoms. The van der Waals surface area contributed by atoms with Crippen LogP contribution in [0.5, 0.6) is 0 Å². The molecule has 2 N–H and O–H groups in total. The van der Waals surface area contributed by atoms with Crippen molar-refractivity contribution in [3.05, 3.63) is 30.1 Å². The first-order valence-corrected chi connectivity index (χ1v) is 8.93. The molecule has 0 saturated carbocycles. The molecule has 2 rings (SSSR count). The van der Waals surface area contributed by atoms with Gasteiger partial charge in [-0.05, 0) is 31.4 Å². The molecule has 0 bridgehead atoms. The van der Waals surface area contributed by atoms with Crippen molar-refractivity contribution in [3.8, 4) is 0 Å². The number of hydrogen-bond acceptors (Lipinski definition) is 4. The Balaban J connectivity index is 2.12. The molecule has 0 aromatic heterocycles. The summed E-state index contributed by atoms with van der Waals surface area (Å²) in [7, 11) is 0. The van der Waals surface area contributed by atoms with Crippen LogP contribution in [-0.2, 0) is 9.59 Å². The second-order valence-corrected chi connectivity index (χ2v) is 7.30. The summed E-state index contributed by atoms with van der Waals surface area (Å²) in [4.78, 5) is 27.6. The van der Waals surface area contributed by atoms with Crippen molar-refractivity contribution in [3.63, 3.8) is 0 Å². The van der Waals surface area contributed by atoms with E-state index in [1.165, 1.54) is 6.07 Å². The number of hydrogen-bond donors (Lipinski definition) is 2. The van der Waals surface area contributed by atoms with E-state index in [4.69, 9.17) is 5.11 Å². The summed E-state index contributed by atoms with van der Waals surface area (Å²) in [5.41, 5.74) is 0.496. The van der Waals surface area contributed by atoms with E-state index in [1.54, 1.807) is 23.1 Å². The number of carboxylic acids is 1. The van der Waals surface area contributed by atoms with Crippen LogP contribution in [0.15, 0.2) is 24.3 Å². The van der Waals surface area contributed by atoms with Gasteiger partial charge < -0.3 is 20.0 Å². The summed E-state index contributed by atoms with van der Waals surface area (Å²) in [5, 5.41) is 19.1. The van der Waals surface area contributed by atoms with Crippen molar-refractivity contribution >= 4 is 17.6 Å². The van der Waals surface area contributed by atoms with Crippen molar-refractivity contribution in [2.75, 3.05) is 24.5 Å². The van der Waals surface area contributed by atoms with Crippen LogP contribution in [0.25, 0.3) is 0 Å². The number of piperazine rings is 1. The second kappa shape index (κ2) is 8.49. The predicted octanol–water partition coefficient (Wildman–Crippen LogP) is 1.97. The Bertz CT molecular complexity index is 652. The minimum Gasteiger partial charge on any atom is -0.479 e. The number of carboxylic acid groups (broad SMARTS) is 1. The molecule has 1 aliphatic heterocycles. The number of amides is 1. The summed E-state index contributed by atoms with van der Waals surface area (Å²) in [6.07, 6.45) is -1.42. The molecule has 1 aromatic rings. The lowest BCUT2D eigenvalue weighted by Crippen LogP contribution is -2.57. The van der Waals surface area contributed by atoms with E-state index in [1.807, 2.05) is 25.7 Å². The molecule has 26 heavy (non-hydrogen) atoms. The summed E-state index contributed by atoms with van der Waals surface area (Å²) < 4.78 is 14.0. The van der Waals surface area contributed by atoms with Crippen LogP contribution in [0.1, 0.15) is 27.2 Å². The Labute approximate surface area is 153 Å². The highest BCUT2D eigenvalue weighted by atomic mass is 19.1. The van der Waals surface area contributed by atoms with Gasteiger partial charge >= 0.3 is 5.97 Å².